The minimum absolute atomic E-state index is 0.0863. The minimum atomic E-state index is -2.24. The summed E-state index contributed by atoms with van der Waals surface area (Å²) in [6.07, 6.45) is -0.701. The van der Waals surface area contributed by atoms with E-state index in [2.05, 4.69) is 5.32 Å². The fourth-order valence-electron chi connectivity index (χ4n) is 2.76. The van der Waals surface area contributed by atoms with E-state index in [9.17, 15) is 14.4 Å². The van der Waals surface area contributed by atoms with Gasteiger partial charge in [-0.1, -0.05) is 42.5 Å². The number of carbonyl (C=O) groups is 3. The molecular weight excluding hydrogens is 424 g/mol. The van der Waals surface area contributed by atoms with E-state index in [1.165, 1.54) is 12.1 Å². The number of carbonyl (C=O) groups excluding carboxylic acids is 3. The number of anilines is 1. The second-order valence-electron chi connectivity index (χ2n) is 9.58. The van der Waals surface area contributed by atoms with Crippen LogP contribution in [0.2, 0.25) is 0 Å². The van der Waals surface area contributed by atoms with Gasteiger partial charge < -0.3 is 19.9 Å². The SMILES string of the molecule is CC(C)(C)OC(=O)C(N)(C(=O)OC(C)(C)C)c1cccc(NC(=O)OCc2ccccc2)c1. The molecule has 3 N–H and O–H groups in total. The monoisotopic (exact) mass is 456 g/mol. The van der Waals surface area contributed by atoms with Crippen LogP contribution >= 0.6 is 0 Å². The molecule has 2 rings (SSSR count). The van der Waals surface area contributed by atoms with Crippen LogP contribution < -0.4 is 11.1 Å². The molecule has 0 aliphatic heterocycles. The van der Waals surface area contributed by atoms with Gasteiger partial charge in [0.05, 0.1) is 0 Å². The Morgan fingerprint density at radius 1 is 0.818 bits per heavy atom. The van der Waals surface area contributed by atoms with Crippen LogP contribution in [0.3, 0.4) is 0 Å². The first-order valence-electron chi connectivity index (χ1n) is 10.5. The molecule has 2 aromatic carbocycles. The molecule has 178 valence electrons. The number of rotatable bonds is 6. The van der Waals surface area contributed by atoms with Crippen molar-refractivity contribution in [2.24, 2.45) is 5.73 Å². The minimum Gasteiger partial charge on any atom is -0.458 e. The Morgan fingerprint density at radius 3 is 1.88 bits per heavy atom. The Bertz CT molecular complexity index is 962. The standard InChI is InChI=1S/C25H32N2O6/c1-23(2,3)32-20(28)25(26,21(29)33-24(4,5)6)18-13-10-14-19(15-18)27-22(30)31-16-17-11-8-7-9-12-17/h7-15H,16,26H2,1-6H3,(H,27,30). The van der Waals surface area contributed by atoms with Crippen molar-refractivity contribution >= 4 is 23.7 Å². The van der Waals surface area contributed by atoms with E-state index in [0.717, 1.165) is 5.56 Å². The Labute approximate surface area is 194 Å². The van der Waals surface area contributed by atoms with Crippen molar-refractivity contribution < 1.29 is 28.6 Å². The van der Waals surface area contributed by atoms with Crippen LogP contribution in [0.4, 0.5) is 10.5 Å². The van der Waals surface area contributed by atoms with E-state index < -0.39 is 34.8 Å². The molecular formula is C25H32N2O6. The van der Waals surface area contributed by atoms with Crippen molar-refractivity contribution in [1.29, 1.82) is 0 Å². The van der Waals surface area contributed by atoms with Gasteiger partial charge in [-0.05, 0) is 64.8 Å². The molecule has 33 heavy (non-hydrogen) atoms. The second-order valence-corrected chi connectivity index (χ2v) is 9.58. The molecule has 0 spiro atoms. The van der Waals surface area contributed by atoms with Crippen LogP contribution in [0.1, 0.15) is 52.7 Å². The number of nitrogens with one attached hydrogen (secondary N) is 1. The maximum absolute atomic E-state index is 13.0. The Kier molecular flexibility index (Phi) is 7.87. The molecule has 0 saturated heterocycles. The highest BCUT2D eigenvalue weighted by atomic mass is 16.6. The van der Waals surface area contributed by atoms with Gasteiger partial charge in [0.25, 0.3) is 0 Å². The third-order valence-corrected chi connectivity index (χ3v) is 4.22. The third kappa shape index (κ3) is 7.61. The maximum atomic E-state index is 13.0. The molecule has 0 bridgehead atoms. The lowest BCUT2D eigenvalue weighted by Gasteiger charge is -2.32. The second kappa shape index (κ2) is 10.0. The van der Waals surface area contributed by atoms with Gasteiger partial charge >= 0.3 is 18.0 Å². The number of nitrogens with two attached hydrogens (primary N) is 1. The van der Waals surface area contributed by atoms with Gasteiger partial charge in [0.1, 0.15) is 17.8 Å². The zero-order valence-electron chi connectivity index (χ0n) is 19.9. The number of benzene rings is 2. The predicted molar refractivity (Wildman–Crippen MR) is 124 cm³/mol. The molecule has 8 heteroatoms. The van der Waals surface area contributed by atoms with Crippen LogP contribution in [0.15, 0.2) is 54.6 Å². The lowest BCUT2D eigenvalue weighted by atomic mass is 9.90. The fourth-order valence-corrected chi connectivity index (χ4v) is 2.76. The summed E-state index contributed by atoms with van der Waals surface area (Å²) in [4.78, 5) is 38.3. The van der Waals surface area contributed by atoms with E-state index in [1.54, 1.807) is 53.7 Å². The topological polar surface area (TPSA) is 117 Å². The molecule has 0 aromatic heterocycles. The van der Waals surface area contributed by atoms with Crippen molar-refractivity contribution in [2.75, 3.05) is 5.32 Å². The zero-order chi connectivity index (χ0) is 24.9. The van der Waals surface area contributed by atoms with Crippen molar-refractivity contribution in [3.63, 3.8) is 0 Å². The van der Waals surface area contributed by atoms with Crippen molar-refractivity contribution in [1.82, 2.24) is 0 Å². The normalized spacial score (nSPS) is 12.0. The molecule has 8 nitrogen and oxygen atoms in total. The summed E-state index contributed by atoms with van der Waals surface area (Å²) in [7, 11) is 0. The van der Waals surface area contributed by atoms with E-state index >= 15 is 0 Å². The highest BCUT2D eigenvalue weighted by molar-refractivity contribution is 6.06. The van der Waals surface area contributed by atoms with Crippen molar-refractivity contribution in [2.45, 2.75) is 64.9 Å². The van der Waals surface area contributed by atoms with Gasteiger partial charge in [-0.25, -0.2) is 14.4 Å². The van der Waals surface area contributed by atoms with Crippen LogP contribution in [0.25, 0.3) is 0 Å². The number of amides is 1. The molecule has 0 saturated carbocycles. The maximum Gasteiger partial charge on any atom is 0.411 e. The summed E-state index contributed by atoms with van der Waals surface area (Å²) in [5.41, 5.74) is 3.56. The third-order valence-electron chi connectivity index (χ3n) is 4.22. The van der Waals surface area contributed by atoms with Gasteiger partial charge in [0, 0.05) is 5.69 Å². The number of hydrogen-bond donors (Lipinski definition) is 2. The van der Waals surface area contributed by atoms with Crippen LogP contribution in [-0.4, -0.2) is 29.2 Å². The number of hydrogen-bond acceptors (Lipinski definition) is 7. The van der Waals surface area contributed by atoms with Gasteiger partial charge in [-0.2, -0.15) is 0 Å². The molecule has 0 heterocycles. The van der Waals surface area contributed by atoms with Crippen molar-refractivity contribution in [3.8, 4) is 0 Å². The van der Waals surface area contributed by atoms with E-state index in [0.29, 0.717) is 0 Å². The summed E-state index contributed by atoms with van der Waals surface area (Å²) in [6, 6.07) is 15.3. The largest absolute Gasteiger partial charge is 0.458 e. The van der Waals surface area contributed by atoms with Gasteiger partial charge in [0.15, 0.2) is 0 Å². The number of esters is 2. The lowest BCUT2D eigenvalue weighted by molar-refractivity contribution is -0.177. The molecule has 0 aliphatic carbocycles. The van der Waals surface area contributed by atoms with Gasteiger partial charge in [0.2, 0.25) is 5.54 Å². The van der Waals surface area contributed by atoms with Crippen LogP contribution in [0.5, 0.6) is 0 Å². The highest BCUT2D eigenvalue weighted by Crippen LogP contribution is 2.28. The summed E-state index contributed by atoms with van der Waals surface area (Å²) in [5.74, 6) is -1.93. The van der Waals surface area contributed by atoms with Crippen LogP contribution in [-0.2, 0) is 35.9 Å². The summed E-state index contributed by atoms with van der Waals surface area (Å²) in [6.45, 7) is 10.1. The summed E-state index contributed by atoms with van der Waals surface area (Å²) in [5, 5.41) is 2.58. The molecule has 1 amide bonds. The first-order chi connectivity index (χ1) is 15.2. The average molecular weight is 457 g/mol. The molecule has 0 atom stereocenters. The quantitative estimate of drug-likeness (QED) is 0.379. The Morgan fingerprint density at radius 2 is 1.36 bits per heavy atom. The molecule has 2 aromatic rings. The summed E-state index contributed by atoms with van der Waals surface area (Å²) >= 11 is 0. The molecule has 0 fully saturated rings. The summed E-state index contributed by atoms with van der Waals surface area (Å²) < 4.78 is 16.1. The average Bonchev–Trinajstić information content (AvgIpc) is 2.70. The first-order valence-corrected chi connectivity index (χ1v) is 10.5. The van der Waals surface area contributed by atoms with Gasteiger partial charge in [-0.15, -0.1) is 0 Å². The van der Waals surface area contributed by atoms with E-state index in [4.69, 9.17) is 19.9 Å². The van der Waals surface area contributed by atoms with Gasteiger partial charge in [-0.3, -0.25) is 5.32 Å². The Hall–Kier alpha value is -3.39. The fraction of sp³-hybridized carbons (Fsp3) is 0.400. The molecule has 0 aliphatic rings. The van der Waals surface area contributed by atoms with E-state index in [-0.39, 0.29) is 17.9 Å². The van der Waals surface area contributed by atoms with E-state index in [1.807, 2.05) is 30.3 Å². The first kappa shape index (κ1) is 25.9. The molecule has 0 unspecified atom stereocenters. The van der Waals surface area contributed by atoms with Crippen molar-refractivity contribution in [3.05, 3.63) is 65.7 Å². The highest BCUT2D eigenvalue weighted by Gasteiger charge is 2.49. The van der Waals surface area contributed by atoms with Crippen LogP contribution in [0, 0.1) is 0 Å². The number of ether oxygens (including phenoxy) is 3. The molecule has 0 radical (unpaired) electrons. The predicted octanol–water partition coefficient (Wildman–Crippen LogP) is 4.27. The zero-order valence-corrected chi connectivity index (χ0v) is 19.9. The lowest BCUT2D eigenvalue weighted by Crippen LogP contribution is -2.56. The smallest absolute Gasteiger partial charge is 0.411 e. The Balaban J connectivity index is 2.28.